The summed E-state index contributed by atoms with van der Waals surface area (Å²) in [5.74, 6) is -4.49. The molecule has 0 saturated carbocycles. The molecule has 0 aliphatic carbocycles. The first-order chi connectivity index (χ1) is 32.8. The lowest BCUT2D eigenvalue weighted by molar-refractivity contribution is -0.141. The minimum absolute atomic E-state index is 0.0357. The van der Waals surface area contributed by atoms with Crippen molar-refractivity contribution in [3.8, 4) is 0 Å². The van der Waals surface area contributed by atoms with Crippen molar-refractivity contribution in [2.75, 3.05) is 55.8 Å². The number of rotatable bonds is 25. The topological polar surface area (TPSA) is 245 Å². The number of hydrogen-bond donors (Lipinski definition) is 2. The zero-order valence-electron chi connectivity index (χ0n) is 41.0. The minimum Gasteiger partial charge on any atom is -0.469 e. The fraction of sp³-hybridized carbons (Fsp3) is 0.510. The van der Waals surface area contributed by atoms with Crippen LogP contribution in [0.2, 0.25) is 25.7 Å². The molecule has 376 valence electrons. The molecule has 0 spiro atoms. The van der Waals surface area contributed by atoms with Gasteiger partial charge in [-0.3, -0.25) is 33.7 Å². The second-order valence-electron chi connectivity index (χ2n) is 17.7. The molecule has 1 aromatic carbocycles. The number of esters is 7. The van der Waals surface area contributed by atoms with E-state index in [1.807, 2.05) is 6.07 Å². The van der Waals surface area contributed by atoms with Crippen molar-refractivity contribution >= 4 is 56.0 Å². The van der Waals surface area contributed by atoms with E-state index in [0.29, 0.717) is 45.1 Å². The van der Waals surface area contributed by atoms with Crippen molar-refractivity contribution in [3.63, 3.8) is 0 Å². The molecule has 3 heterocycles. The summed E-state index contributed by atoms with van der Waals surface area (Å²) in [6.07, 6.45) is -0.887. The third-order valence-corrected chi connectivity index (χ3v) is 13.8. The molecule has 0 radical (unpaired) electrons. The van der Waals surface area contributed by atoms with Crippen molar-refractivity contribution in [2.24, 2.45) is 0 Å². The second kappa shape index (κ2) is 25.6. The van der Waals surface area contributed by atoms with Crippen molar-refractivity contribution in [1.82, 2.24) is 14.9 Å². The number of amides is 1. The SMILES string of the molecule is COC(=O)CCC1=C(CC(=O)OC)C(Cc2[nH]cc(CCC(=O)OC)c2CC(=O)OC)(Cc2[nH]c(C(=O)OCc3ccccc3)c(CC(=O)OC)c2CCC(=O)OC)N(C(=O)OCC[Si](C)(C)C)C1. The average molecular weight is 980 g/mol. The highest BCUT2D eigenvalue weighted by atomic mass is 28.3. The van der Waals surface area contributed by atoms with Gasteiger partial charge < -0.3 is 47.9 Å². The van der Waals surface area contributed by atoms with E-state index >= 15 is 0 Å². The van der Waals surface area contributed by atoms with E-state index in [0.717, 1.165) is 0 Å². The molecule has 0 saturated heterocycles. The summed E-state index contributed by atoms with van der Waals surface area (Å²) in [4.78, 5) is 115. The van der Waals surface area contributed by atoms with Gasteiger partial charge in [0.1, 0.15) is 12.3 Å². The molecule has 20 heteroatoms. The molecular formula is C49H65N3O16Si. The number of methoxy groups -OCH3 is 6. The van der Waals surface area contributed by atoms with Gasteiger partial charge >= 0.3 is 47.9 Å². The van der Waals surface area contributed by atoms with Gasteiger partial charge in [0.2, 0.25) is 0 Å². The zero-order valence-corrected chi connectivity index (χ0v) is 42.0. The standard InChI is InChI=1S/C49H65N3O16Si/c1-61-40(53)18-15-32-28-50-38(35(32)23-43(56)64-4)26-49(37(25-45(58)66-6)33(16-19-41(54)62-2)29-52(49)48(60)67-21-22-69(7,8)9)27-39-34(17-20-42(55)63-3)36(24-44(57)65-5)46(51-39)47(59)68-30-31-13-11-10-12-14-31/h10-14,28,50-51H,15-27,29-30H2,1-9H3. The zero-order chi connectivity index (χ0) is 50.9. The summed E-state index contributed by atoms with van der Waals surface area (Å²) < 4.78 is 42.2. The first-order valence-electron chi connectivity index (χ1n) is 22.5. The lowest BCUT2D eigenvalue weighted by Gasteiger charge is -2.41. The largest absolute Gasteiger partial charge is 0.469 e. The molecule has 4 rings (SSSR count). The van der Waals surface area contributed by atoms with Gasteiger partial charge in [0.25, 0.3) is 0 Å². The van der Waals surface area contributed by atoms with Crippen LogP contribution in [0.15, 0.2) is 47.7 Å². The number of nitrogens with one attached hydrogen (secondary N) is 2. The third kappa shape index (κ3) is 15.1. The molecule has 1 amide bonds. The fourth-order valence-corrected chi connectivity index (χ4v) is 9.04. The Morgan fingerprint density at radius 3 is 1.74 bits per heavy atom. The van der Waals surface area contributed by atoms with Crippen molar-refractivity contribution in [3.05, 3.63) is 92.6 Å². The number of aryl methyl sites for hydroxylation is 1. The Labute approximate surface area is 402 Å². The van der Waals surface area contributed by atoms with E-state index in [1.54, 1.807) is 30.5 Å². The van der Waals surface area contributed by atoms with E-state index < -0.39 is 74.3 Å². The number of benzene rings is 1. The van der Waals surface area contributed by atoms with E-state index in [-0.39, 0.29) is 94.5 Å². The maximum Gasteiger partial charge on any atom is 0.410 e. The number of H-pyrrole nitrogens is 2. The molecule has 1 unspecified atom stereocenters. The average Bonchev–Trinajstić information content (AvgIpc) is 3.97. The van der Waals surface area contributed by atoms with Crippen molar-refractivity contribution in [1.29, 1.82) is 0 Å². The van der Waals surface area contributed by atoms with Crippen LogP contribution < -0.4 is 0 Å². The predicted octanol–water partition coefficient (Wildman–Crippen LogP) is 5.47. The molecule has 1 aliphatic heterocycles. The van der Waals surface area contributed by atoms with Gasteiger partial charge in [0.05, 0.1) is 74.1 Å². The highest BCUT2D eigenvalue weighted by Gasteiger charge is 2.52. The Morgan fingerprint density at radius 1 is 0.623 bits per heavy atom. The Kier molecular flexibility index (Phi) is 20.4. The molecular weight excluding hydrogens is 915 g/mol. The number of hydrogen-bond acceptors (Lipinski definition) is 16. The number of nitrogens with zero attached hydrogens (tertiary/aromatic N) is 1. The van der Waals surface area contributed by atoms with Gasteiger partial charge in [-0.2, -0.15) is 0 Å². The van der Waals surface area contributed by atoms with Gasteiger partial charge in [-0.25, -0.2) is 9.59 Å². The summed E-state index contributed by atoms with van der Waals surface area (Å²) in [6.45, 7) is 6.17. The van der Waals surface area contributed by atoms with Crippen LogP contribution in [0, 0.1) is 0 Å². The smallest absolute Gasteiger partial charge is 0.410 e. The van der Waals surface area contributed by atoms with Gasteiger partial charge in [0, 0.05) is 64.3 Å². The summed E-state index contributed by atoms with van der Waals surface area (Å²) >= 11 is 0. The van der Waals surface area contributed by atoms with Crippen LogP contribution in [0.4, 0.5) is 4.79 Å². The van der Waals surface area contributed by atoms with E-state index in [2.05, 4.69) is 29.6 Å². The van der Waals surface area contributed by atoms with Gasteiger partial charge in [0.15, 0.2) is 0 Å². The molecule has 3 aromatic rings. The highest BCUT2D eigenvalue weighted by molar-refractivity contribution is 6.76. The van der Waals surface area contributed by atoms with Crippen LogP contribution >= 0.6 is 0 Å². The number of aromatic amines is 2. The van der Waals surface area contributed by atoms with Crippen molar-refractivity contribution < 1.29 is 76.3 Å². The lowest BCUT2D eigenvalue weighted by atomic mass is 9.77. The molecule has 0 fully saturated rings. The van der Waals surface area contributed by atoms with Gasteiger partial charge in [-0.1, -0.05) is 50.0 Å². The van der Waals surface area contributed by atoms with Crippen LogP contribution in [0.5, 0.6) is 0 Å². The quantitative estimate of drug-likeness (QED) is 0.0463. The molecule has 2 N–H and O–H groups in total. The Hall–Kier alpha value is -6.70. The number of aromatic nitrogens is 2. The maximum atomic E-state index is 15.0. The molecule has 0 bridgehead atoms. The summed E-state index contributed by atoms with van der Waals surface area (Å²) in [5, 5.41) is 0. The van der Waals surface area contributed by atoms with Crippen LogP contribution in [0.1, 0.15) is 81.8 Å². The Balaban J connectivity index is 2.13. The van der Waals surface area contributed by atoms with Crippen LogP contribution in [0.25, 0.3) is 0 Å². The minimum atomic E-state index is -1.76. The molecule has 1 atom stereocenters. The first kappa shape index (κ1) is 54.9. The Bertz CT molecular complexity index is 2360. The molecule has 1 aliphatic rings. The fourth-order valence-electron chi connectivity index (χ4n) is 8.33. The predicted molar refractivity (Wildman–Crippen MR) is 251 cm³/mol. The summed E-state index contributed by atoms with van der Waals surface area (Å²) in [6, 6.07) is 9.54. The highest BCUT2D eigenvalue weighted by Crippen LogP contribution is 2.46. The monoisotopic (exact) mass is 979 g/mol. The van der Waals surface area contributed by atoms with Crippen molar-refractivity contribution in [2.45, 2.75) is 108 Å². The molecule has 19 nitrogen and oxygen atoms in total. The van der Waals surface area contributed by atoms with Gasteiger partial charge in [-0.15, -0.1) is 0 Å². The lowest BCUT2D eigenvalue weighted by Crippen LogP contribution is -2.54. The van der Waals surface area contributed by atoms with Crippen LogP contribution in [-0.4, -0.2) is 132 Å². The molecule has 69 heavy (non-hydrogen) atoms. The first-order valence-corrected chi connectivity index (χ1v) is 26.2. The van der Waals surface area contributed by atoms with Crippen LogP contribution in [-0.2, 0) is 112 Å². The summed E-state index contributed by atoms with van der Waals surface area (Å²) in [7, 11) is 5.61. The van der Waals surface area contributed by atoms with Crippen LogP contribution in [0.3, 0.4) is 0 Å². The van der Waals surface area contributed by atoms with E-state index in [1.165, 1.54) is 47.6 Å². The number of carbonyl (C=O) groups excluding carboxylic acids is 8. The third-order valence-electron chi connectivity index (χ3n) is 12.1. The van der Waals surface area contributed by atoms with Gasteiger partial charge in [-0.05, 0) is 64.3 Å². The number of ether oxygens (including phenoxy) is 8. The van der Waals surface area contributed by atoms with E-state index in [9.17, 15) is 38.4 Å². The maximum absolute atomic E-state index is 15.0. The molecule has 2 aromatic heterocycles. The van der Waals surface area contributed by atoms with E-state index in [4.69, 9.17) is 37.9 Å². The number of carbonyl (C=O) groups is 8. The second-order valence-corrected chi connectivity index (χ2v) is 23.4. The normalized spacial score (nSPS) is 14.5. The summed E-state index contributed by atoms with van der Waals surface area (Å²) in [5.41, 5.74) is 1.99. The Morgan fingerprint density at radius 2 is 1.16 bits per heavy atom.